The summed E-state index contributed by atoms with van der Waals surface area (Å²) in [5, 5.41) is 11.1. The van der Waals surface area contributed by atoms with Gasteiger partial charge in [-0.1, -0.05) is 46.9 Å². The first-order valence-electron chi connectivity index (χ1n) is 10.0. The van der Waals surface area contributed by atoms with Crippen molar-refractivity contribution in [1.29, 1.82) is 5.26 Å². The number of fused-ring (bicyclic) bond motifs is 1. The number of hydrogen-bond donors (Lipinski definition) is 1. The molecule has 9 heteroatoms. The summed E-state index contributed by atoms with van der Waals surface area (Å²) in [4.78, 5) is 12.3. The Morgan fingerprint density at radius 2 is 1.76 bits per heavy atom. The Morgan fingerprint density at radius 1 is 1.06 bits per heavy atom. The van der Waals surface area contributed by atoms with Crippen molar-refractivity contribution in [3.05, 3.63) is 97.8 Å². The first-order valence-corrected chi connectivity index (χ1v) is 11.2. The van der Waals surface area contributed by atoms with Gasteiger partial charge in [0.2, 0.25) is 5.88 Å². The van der Waals surface area contributed by atoms with Crippen molar-refractivity contribution in [3.63, 3.8) is 0 Å². The van der Waals surface area contributed by atoms with E-state index in [1.807, 2.05) is 6.92 Å². The van der Waals surface area contributed by atoms with E-state index in [2.05, 4.69) is 6.07 Å². The quantitative estimate of drug-likeness (QED) is 0.323. The van der Waals surface area contributed by atoms with E-state index in [1.54, 1.807) is 48.5 Å². The van der Waals surface area contributed by atoms with Crippen LogP contribution in [-0.2, 0) is 4.79 Å². The summed E-state index contributed by atoms with van der Waals surface area (Å²) in [6.07, 6.45) is 0. The first-order chi connectivity index (χ1) is 16.3. The molecule has 34 heavy (non-hydrogen) atoms. The maximum absolute atomic E-state index is 12.3. The second-order valence-electron chi connectivity index (χ2n) is 7.46. The number of nitrogens with two attached hydrogens (primary N) is 1. The van der Waals surface area contributed by atoms with Gasteiger partial charge in [-0.15, -0.1) is 0 Å². The van der Waals surface area contributed by atoms with Crippen LogP contribution in [0.2, 0.25) is 15.1 Å². The number of nitrogens with zero attached hydrogens (tertiary/aromatic N) is 1. The van der Waals surface area contributed by atoms with Gasteiger partial charge < -0.3 is 19.9 Å². The Hall–Kier alpha value is -3.37. The smallest absolute Gasteiger partial charge is 0.349 e. The van der Waals surface area contributed by atoms with Crippen LogP contribution in [0, 0.1) is 18.3 Å². The van der Waals surface area contributed by atoms with E-state index in [9.17, 15) is 10.1 Å². The number of allylic oxidation sites excluding steroid dienone is 1. The SMILES string of the molecule is Cc1cc(Cl)ccc1OCC(=O)Oc1ccc2c(c1)OC(N)=C(C#N)C2c1ccc(Cl)cc1Cl. The van der Waals surface area contributed by atoms with Crippen molar-refractivity contribution < 1.29 is 19.0 Å². The van der Waals surface area contributed by atoms with Gasteiger partial charge in [-0.25, -0.2) is 4.79 Å². The fourth-order valence-corrected chi connectivity index (χ4v) is 4.37. The number of carbonyl (C=O) groups is 1. The number of carbonyl (C=O) groups excluding carboxylic acids is 1. The van der Waals surface area contributed by atoms with Crippen molar-refractivity contribution in [2.75, 3.05) is 6.61 Å². The van der Waals surface area contributed by atoms with E-state index < -0.39 is 11.9 Å². The molecule has 0 saturated carbocycles. The van der Waals surface area contributed by atoms with Crippen LogP contribution in [0.4, 0.5) is 0 Å². The number of benzene rings is 3. The predicted molar refractivity (Wildman–Crippen MR) is 130 cm³/mol. The molecule has 0 spiro atoms. The summed E-state index contributed by atoms with van der Waals surface area (Å²) in [6.45, 7) is 1.52. The number of nitriles is 1. The number of hydrogen-bond acceptors (Lipinski definition) is 6. The van der Waals surface area contributed by atoms with Gasteiger partial charge in [0.05, 0.1) is 5.92 Å². The second-order valence-corrected chi connectivity index (χ2v) is 8.74. The van der Waals surface area contributed by atoms with E-state index in [0.717, 1.165) is 5.56 Å². The first kappa shape index (κ1) is 23.8. The molecule has 1 unspecified atom stereocenters. The van der Waals surface area contributed by atoms with Crippen molar-refractivity contribution >= 4 is 40.8 Å². The second kappa shape index (κ2) is 9.86. The molecule has 3 aromatic carbocycles. The number of halogens is 3. The fraction of sp³-hybridized carbons (Fsp3) is 0.120. The van der Waals surface area contributed by atoms with Crippen molar-refractivity contribution in [2.45, 2.75) is 12.8 Å². The minimum Gasteiger partial charge on any atom is -0.482 e. The highest BCUT2D eigenvalue weighted by Gasteiger charge is 2.32. The Morgan fingerprint density at radius 3 is 2.47 bits per heavy atom. The highest BCUT2D eigenvalue weighted by Crippen LogP contribution is 2.45. The third-order valence-corrected chi connectivity index (χ3v) is 5.98. The Bertz CT molecular complexity index is 1360. The molecule has 2 N–H and O–H groups in total. The van der Waals surface area contributed by atoms with Crippen LogP contribution >= 0.6 is 34.8 Å². The van der Waals surface area contributed by atoms with Gasteiger partial charge in [-0.3, -0.25) is 0 Å². The van der Waals surface area contributed by atoms with Crippen LogP contribution in [0.1, 0.15) is 22.6 Å². The Labute approximate surface area is 211 Å². The summed E-state index contributed by atoms with van der Waals surface area (Å²) in [7, 11) is 0. The summed E-state index contributed by atoms with van der Waals surface area (Å²) >= 11 is 18.4. The van der Waals surface area contributed by atoms with Gasteiger partial charge in [-0.2, -0.15) is 5.26 Å². The van der Waals surface area contributed by atoms with Gasteiger partial charge in [0.25, 0.3) is 0 Å². The molecule has 1 atom stereocenters. The van der Waals surface area contributed by atoms with Gasteiger partial charge in [0.1, 0.15) is 28.9 Å². The molecule has 0 amide bonds. The van der Waals surface area contributed by atoms with E-state index in [-0.39, 0.29) is 23.8 Å². The van der Waals surface area contributed by atoms with Gasteiger partial charge >= 0.3 is 5.97 Å². The zero-order valence-electron chi connectivity index (χ0n) is 17.8. The standard InChI is InChI=1S/C25H17Cl3N2O4/c1-13-8-14(26)3-7-21(13)32-12-23(31)33-16-4-6-18-22(10-16)34-25(30)19(11-29)24(18)17-5-2-15(27)9-20(17)28/h2-10,24H,12,30H2,1H3. The third-order valence-electron chi connectivity index (χ3n) is 5.18. The monoisotopic (exact) mass is 514 g/mol. The van der Waals surface area contributed by atoms with Crippen LogP contribution in [-0.4, -0.2) is 12.6 Å². The maximum atomic E-state index is 12.3. The molecule has 172 valence electrons. The van der Waals surface area contributed by atoms with Crippen LogP contribution < -0.4 is 19.9 Å². The van der Waals surface area contributed by atoms with Crippen LogP contribution in [0.15, 0.2) is 66.1 Å². The van der Waals surface area contributed by atoms with Crippen LogP contribution in [0.5, 0.6) is 17.2 Å². The summed E-state index contributed by atoms with van der Waals surface area (Å²) < 4.78 is 16.6. The van der Waals surface area contributed by atoms with Gasteiger partial charge in [0.15, 0.2) is 6.61 Å². The molecule has 0 aliphatic carbocycles. The molecule has 1 aliphatic heterocycles. The van der Waals surface area contributed by atoms with E-state index in [1.165, 1.54) is 6.07 Å². The molecule has 1 aliphatic rings. The molecule has 0 aromatic heterocycles. The molecule has 4 rings (SSSR count). The molecule has 1 heterocycles. The normalized spacial score (nSPS) is 14.6. The van der Waals surface area contributed by atoms with E-state index in [0.29, 0.717) is 37.7 Å². The maximum Gasteiger partial charge on any atom is 0.349 e. The molecule has 0 radical (unpaired) electrons. The lowest BCUT2D eigenvalue weighted by Crippen LogP contribution is -2.22. The minimum absolute atomic E-state index is 0.0592. The molecule has 0 bridgehead atoms. The molecular weight excluding hydrogens is 499 g/mol. The predicted octanol–water partition coefficient (Wildman–Crippen LogP) is 6.16. The molecular formula is C25H17Cl3N2O4. The van der Waals surface area contributed by atoms with Gasteiger partial charge in [0, 0.05) is 26.7 Å². The Kier molecular flexibility index (Phi) is 6.90. The van der Waals surface area contributed by atoms with Crippen LogP contribution in [0.25, 0.3) is 0 Å². The van der Waals surface area contributed by atoms with E-state index in [4.69, 9.17) is 54.7 Å². The van der Waals surface area contributed by atoms with Crippen LogP contribution in [0.3, 0.4) is 0 Å². The largest absolute Gasteiger partial charge is 0.482 e. The Balaban J connectivity index is 1.56. The number of ether oxygens (including phenoxy) is 3. The van der Waals surface area contributed by atoms with Crippen molar-refractivity contribution in [2.24, 2.45) is 5.73 Å². The van der Waals surface area contributed by atoms with E-state index >= 15 is 0 Å². The minimum atomic E-state index is -0.608. The molecule has 3 aromatic rings. The number of aryl methyl sites for hydroxylation is 1. The molecule has 6 nitrogen and oxygen atoms in total. The number of rotatable bonds is 5. The summed E-state index contributed by atoms with van der Waals surface area (Å²) in [6, 6.07) is 17.0. The lowest BCUT2D eigenvalue weighted by atomic mass is 9.83. The lowest BCUT2D eigenvalue weighted by molar-refractivity contribution is -0.136. The topological polar surface area (TPSA) is 94.6 Å². The zero-order chi connectivity index (χ0) is 24.4. The van der Waals surface area contributed by atoms with Gasteiger partial charge in [-0.05, 0) is 54.4 Å². The summed E-state index contributed by atoms with van der Waals surface area (Å²) in [5.74, 6) is -0.138. The average molecular weight is 516 g/mol. The number of esters is 1. The third kappa shape index (κ3) is 4.92. The van der Waals surface area contributed by atoms with Crippen molar-refractivity contribution in [1.82, 2.24) is 0 Å². The zero-order valence-corrected chi connectivity index (χ0v) is 20.0. The fourth-order valence-electron chi connectivity index (χ4n) is 3.63. The lowest BCUT2D eigenvalue weighted by Gasteiger charge is -2.27. The molecule has 0 saturated heterocycles. The van der Waals surface area contributed by atoms with Crippen molar-refractivity contribution in [3.8, 4) is 23.3 Å². The molecule has 0 fully saturated rings. The highest BCUT2D eigenvalue weighted by atomic mass is 35.5. The summed E-state index contributed by atoms with van der Waals surface area (Å²) in [5.41, 5.74) is 8.33. The average Bonchev–Trinajstić information content (AvgIpc) is 2.78. The highest BCUT2D eigenvalue weighted by molar-refractivity contribution is 6.35.